The van der Waals surface area contributed by atoms with Crippen LogP contribution >= 0.6 is 72.0 Å². The summed E-state index contributed by atoms with van der Waals surface area (Å²) in [6.45, 7) is 0.488. The van der Waals surface area contributed by atoms with E-state index in [1.807, 2.05) is 36.4 Å². The predicted octanol–water partition coefficient (Wildman–Crippen LogP) is 6.86. The molecule has 0 atom stereocenters. The molecular weight excluding hydrogens is 567 g/mol. The van der Waals surface area contributed by atoms with Gasteiger partial charge in [-0.05, 0) is 99.1 Å². The summed E-state index contributed by atoms with van der Waals surface area (Å²) in [5.41, 5.74) is 1.84. The maximum atomic E-state index is 11.8. The van der Waals surface area contributed by atoms with Crippen molar-refractivity contribution in [2.75, 3.05) is 0 Å². The maximum absolute atomic E-state index is 11.8. The van der Waals surface area contributed by atoms with Crippen LogP contribution in [0.5, 0.6) is 0 Å². The molecule has 118 valence electrons. The summed E-state index contributed by atoms with van der Waals surface area (Å²) in [5, 5.41) is 0. The van der Waals surface area contributed by atoms with E-state index in [2.05, 4.69) is 63.7 Å². The summed E-state index contributed by atoms with van der Waals surface area (Å²) in [6, 6.07) is 11.4. The zero-order valence-electron chi connectivity index (χ0n) is 11.1. The lowest BCUT2D eigenvalue weighted by Gasteiger charge is -2.07. The van der Waals surface area contributed by atoms with Crippen LogP contribution in [0.4, 0.5) is 0 Å². The molecule has 0 amide bonds. The standard InChI is InChI=1S/C14H11Br4O3P/c15-11-3-1-9(5-13(11)17)7-20-22(19)21-8-10-2-4-12(16)14(18)6-10/h1-6,22H,7-8H2. The Morgan fingerprint density at radius 3 is 1.50 bits per heavy atom. The van der Waals surface area contributed by atoms with Gasteiger partial charge in [-0.25, -0.2) is 0 Å². The van der Waals surface area contributed by atoms with Gasteiger partial charge in [0.1, 0.15) is 0 Å². The highest BCUT2D eigenvalue weighted by molar-refractivity contribution is 9.13. The van der Waals surface area contributed by atoms with Crippen molar-refractivity contribution in [2.45, 2.75) is 13.2 Å². The van der Waals surface area contributed by atoms with Gasteiger partial charge >= 0.3 is 8.25 Å². The van der Waals surface area contributed by atoms with E-state index in [4.69, 9.17) is 9.05 Å². The zero-order valence-corrected chi connectivity index (χ0v) is 18.5. The first kappa shape index (κ1) is 18.8. The van der Waals surface area contributed by atoms with Crippen molar-refractivity contribution in [1.82, 2.24) is 0 Å². The molecule has 0 saturated carbocycles. The molecule has 0 aliphatic rings. The van der Waals surface area contributed by atoms with Crippen LogP contribution in [0.25, 0.3) is 0 Å². The molecule has 2 aromatic carbocycles. The molecule has 0 unspecified atom stereocenters. The first-order valence-electron chi connectivity index (χ1n) is 6.13. The van der Waals surface area contributed by atoms with Crippen molar-refractivity contribution in [1.29, 1.82) is 0 Å². The average Bonchev–Trinajstić information content (AvgIpc) is 2.49. The second-order valence-electron chi connectivity index (χ2n) is 4.32. The summed E-state index contributed by atoms with van der Waals surface area (Å²) in [6.07, 6.45) is 0. The highest BCUT2D eigenvalue weighted by atomic mass is 79.9. The molecule has 8 heteroatoms. The minimum absolute atomic E-state index is 0.244. The Hall–Kier alpha value is 0.510. The van der Waals surface area contributed by atoms with Crippen molar-refractivity contribution in [3.05, 3.63) is 65.4 Å². The molecule has 0 saturated heterocycles. The molecule has 0 fully saturated rings. The van der Waals surface area contributed by atoms with Crippen LogP contribution in [0.2, 0.25) is 0 Å². The maximum Gasteiger partial charge on any atom is 0.319 e. The molecule has 0 aromatic heterocycles. The third kappa shape index (κ3) is 5.86. The van der Waals surface area contributed by atoms with Crippen molar-refractivity contribution in [2.24, 2.45) is 0 Å². The van der Waals surface area contributed by atoms with Crippen molar-refractivity contribution in [3.63, 3.8) is 0 Å². The second-order valence-corrected chi connectivity index (χ2v) is 8.82. The summed E-state index contributed by atoms with van der Waals surface area (Å²) in [4.78, 5) is 0. The Labute approximate surface area is 163 Å². The number of rotatable bonds is 6. The van der Waals surface area contributed by atoms with E-state index < -0.39 is 8.25 Å². The minimum Gasteiger partial charge on any atom is -0.306 e. The molecular formula is C14H11Br4O3P. The fourth-order valence-electron chi connectivity index (χ4n) is 1.59. The van der Waals surface area contributed by atoms with Gasteiger partial charge in [-0.2, -0.15) is 0 Å². The molecule has 2 rings (SSSR count). The molecule has 2 aromatic rings. The van der Waals surface area contributed by atoms with Crippen LogP contribution in [0, 0.1) is 0 Å². The number of hydrogen-bond acceptors (Lipinski definition) is 3. The van der Waals surface area contributed by atoms with E-state index in [1.165, 1.54) is 0 Å². The lowest BCUT2D eigenvalue weighted by Crippen LogP contribution is -1.90. The van der Waals surface area contributed by atoms with Crippen LogP contribution < -0.4 is 0 Å². The van der Waals surface area contributed by atoms with E-state index in [1.54, 1.807) is 0 Å². The molecule has 3 nitrogen and oxygen atoms in total. The summed E-state index contributed by atoms with van der Waals surface area (Å²) in [7, 11) is -2.53. The first-order valence-corrected chi connectivity index (χ1v) is 10.5. The Bertz CT molecular complexity index is 636. The van der Waals surface area contributed by atoms with Crippen LogP contribution in [-0.4, -0.2) is 0 Å². The predicted molar refractivity (Wildman–Crippen MR) is 102 cm³/mol. The number of hydrogen-bond donors (Lipinski definition) is 0. The van der Waals surface area contributed by atoms with Crippen LogP contribution in [0.3, 0.4) is 0 Å². The Kier molecular flexibility index (Phi) is 7.81. The Morgan fingerprint density at radius 1 is 0.727 bits per heavy atom. The lowest BCUT2D eigenvalue weighted by atomic mass is 10.2. The zero-order chi connectivity index (χ0) is 16.1. The van der Waals surface area contributed by atoms with E-state index in [9.17, 15) is 4.57 Å². The SMILES string of the molecule is O=[PH](OCc1ccc(Br)c(Br)c1)OCc1ccc(Br)c(Br)c1. The topological polar surface area (TPSA) is 35.5 Å². The third-order valence-corrected chi connectivity index (χ3v) is 7.20. The van der Waals surface area contributed by atoms with Crippen molar-refractivity contribution >= 4 is 72.0 Å². The Morgan fingerprint density at radius 2 is 1.14 bits per heavy atom. The molecule has 0 radical (unpaired) electrons. The fourth-order valence-corrected chi connectivity index (χ4v) is 3.58. The van der Waals surface area contributed by atoms with Crippen LogP contribution in [-0.2, 0) is 26.8 Å². The van der Waals surface area contributed by atoms with E-state index in [-0.39, 0.29) is 13.2 Å². The summed E-state index contributed by atoms with van der Waals surface area (Å²) in [5.74, 6) is 0. The third-order valence-electron chi connectivity index (χ3n) is 2.68. The summed E-state index contributed by atoms with van der Waals surface area (Å²) >= 11 is 13.6. The van der Waals surface area contributed by atoms with E-state index in [0.29, 0.717) is 0 Å². The van der Waals surface area contributed by atoms with Crippen LogP contribution in [0.15, 0.2) is 54.3 Å². The van der Waals surface area contributed by atoms with Gasteiger partial charge in [0.05, 0.1) is 13.2 Å². The normalized spacial score (nSPS) is 11.1. The number of halogens is 4. The van der Waals surface area contributed by atoms with Gasteiger partial charge in [0, 0.05) is 17.9 Å². The summed E-state index contributed by atoms with van der Waals surface area (Å²) < 4.78 is 26.1. The average molecular weight is 578 g/mol. The molecule has 0 N–H and O–H groups in total. The van der Waals surface area contributed by atoms with Gasteiger partial charge < -0.3 is 9.05 Å². The fraction of sp³-hybridized carbons (Fsp3) is 0.143. The van der Waals surface area contributed by atoms with Crippen LogP contribution in [0.1, 0.15) is 11.1 Å². The largest absolute Gasteiger partial charge is 0.319 e. The quantitative estimate of drug-likeness (QED) is 0.352. The van der Waals surface area contributed by atoms with Gasteiger partial charge in [0.25, 0.3) is 0 Å². The van der Waals surface area contributed by atoms with E-state index in [0.717, 1.165) is 29.0 Å². The van der Waals surface area contributed by atoms with Crippen molar-refractivity contribution < 1.29 is 13.6 Å². The van der Waals surface area contributed by atoms with Gasteiger partial charge in [-0.3, -0.25) is 4.57 Å². The molecule has 0 heterocycles. The Balaban J connectivity index is 1.82. The smallest absolute Gasteiger partial charge is 0.306 e. The van der Waals surface area contributed by atoms with Gasteiger partial charge in [0.2, 0.25) is 0 Å². The molecule has 0 bridgehead atoms. The minimum atomic E-state index is -2.53. The van der Waals surface area contributed by atoms with E-state index >= 15 is 0 Å². The highest BCUT2D eigenvalue weighted by Gasteiger charge is 2.05. The van der Waals surface area contributed by atoms with Gasteiger partial charge in [-0.15, -0.1) is 0 Å². The monoisotopic (exact) mass is 574 g/mol. The molecule has 0 aliphatic heterocycles. The molecule has 22 heavy (non-hydrogen) atoms. The lowest BCUT2D eigenvalue weighted by molar-refractivity contribution is 0.213. The van der Waals surface area contributed by atoms with Crippen molar-refractivity contribution in [3.8, 4) is 0 Å². The number of benzene rings is 2. The molecule has 0 spiro atoms. The molecule has 0 aliphatic carbocycles. The highest BCUT2D eigenvalue weighted by Crippen LogP contribution is 2.31. The first-order chi connectivity index (χ1) is 10.5. The van der Waals surface area contributed by atoms with Gasteiger partial charge in [-0.1, -0.05) is 12.1 Å². The second kappa shape index (κ2) is 9.11. The van der Waals surface area contributed by atoms with Gasteiger partial charge in [0.15, 0.2) is 0 Å².